The fourth-order valence-electron chi connectivity index (χ4n) is 3.34. The summed E-state index contributed by atoms with van der Waals surface area (Å²) in [4.78, 5) is 12.4. The van der Waals surface area contributed by atoms with Gasteiger partial charge in [-0.2, -0.15) is 23.4 Å². The summed E-state index contributed by atoms with van der Waals surface area (Å²) in [6.07, 6.45) is -3.58. The molecule has 0 unspecified atom stereocenters. The van der Waals surface area contributed by atoms with Crippen molar-refractivity contribution >= 4 is 22.9 Å². The molecule has 0 aliphatic carbocycles. The van der Waals surface area contributed by atoms with Crippen LogP contribution in [0.1, 0.15) is 21.6 Å². The number of methoxy groups -OCH3 is 1. The van der Waals surface area contributed by atoms with Gasteiger partial charge in [-0.15, -0.1) is 0 Å². The molecule has 32 heavy (non-hydrogen) atoms. The van der Waals surface area contributed by atoms with Gasteiger partial charge in [0.05, 0.1) is 30.1 Å². The van der Waals surface area contributed by atoms with Crippen LogP contribution in [0.25, 0.3) is 22.0 Å². The van der Waals surface area contributed by atoms with E-state index in [2.05, 4.69) is 20.7 Å². The predicted molar refractivity (Wildman–Crippen MR) is 115 cm³/mol. The fourth-order valence-corrected chi connectivity index (χ4v) is 3.34. The van der Waals surface area contributed by atoms with Gasteiger partial charge in [0.2, 0.25) is 0 Å². The first-order valence-corrected chi connectivity index (χ1v) is 9.49. The van der Waals surface area contributed by atoms with Crippen molar-refractivity contribution in [2.45, 2.75) is 6.18 Å². The first-order chi connectivity index (χ1) is 15.4. The monoisotopic (exact) mass is 438 g/mol. The number of carbonyl (C=O) groups is 1. The summed E-state index contributed by atoms with van der Waals surface area (Å²) in [7, 11) is 1.54. The van der Waals surface area contributed by atoms with E-state index in [1.54, 1.807) is 7.11 Å². The van der Waals surface area contributed by atoms with E-state index in [0.29, 0.717) is 17.0 Å². The molecule has 0 saturated heterocycles. The molecular weight excluding hydrogens is 421 g/mol. The van der Waals surface area contributed by atoms with Crippen molar-refractivity contribution in [2.75, 3.05) is 7.11 Å². The molecule has 0 atom stereocenters. The molecule has 162 valence electrons. The Morgan fingerprint density at radius 3 is 2.62 bits per heavy atom. The summed E-state index contributed by atoms with van der Waals surface area (Å²) < 4.78 is 44.7. The zero-order chi connectivity index (χ0) is 22.7. The molecule has 4 aromatic rings. The van der Waals surface area contributed by atoms with Crippen molar-refractivity contribution in [1.29, 1.82) is 0 Å². The number of hydrogen-bond acceptors (Lipinski definition) is 4. The highest BCUT2D eigenvalue weighted by molar-refractivity contribution is 6.00. The van der Waals surface area contributed by atoms with Crippen molar-refractivity contribution in [3.05, 3.63) is 83.6 Å². The maximum Gasteiger partial charge on any atom is 0.417 e. The van der Waals surface area contributed by atoms with Crippen LogP contribution in [0.15, 0.2) is 71.8 Å². The number of H-pyrrole nitrogens is 1. The Bertz CT molecular complexity index is 1310. The maximum atomic E-state index is 13.1. The van der Waals surface area contributed by atoms with Gasteiger partial charge in [-0.25, -0.2) is 5.43 Å². The number of halogens is 3. The molecule has 2 N–H and O–H groups in total. The third-order valence-electron chi connectivity index (χ3n) is 4.83. The van der Waals surface area contributed by atoms with Crippen LogP contribution in [0, 0.1) is 0 Å². The Morgan fingerprint density at radius 1 is 1.09 bits per heavy atom. The number of aromatic amines is 1. The van der Waals surface area contributed by atoms with Crippen LogP contribution in [-0.2, 0) is 6.18 Å². The van der Waals surface area contributed by atoms with Gasteiger partial charge in [-0.3, -0.25) is 9.89 Å². The summed E-state index contributed by atoms with van der Waals surface area (Å²) >= 11 is 0. The number of benzene rings is 3. The largest absolute Gasteiger partial charge is 0.496 e. The second kappa shape index (κ2) is 8.54. The lowest BCUT2D eigenvalue weighted by Crippen LogP contribution is -2.18. The number of aromatic nitrogens is 2. The van der Waals surface area contributed by atoms with E-state index in [1.165, 1.54) is 24.3 Å². The molecule has 0 aliphatic rings. The number of nitrogens with one attached hydrogen (secondary N) is 2. The SMILES string of the molecule is COc1ccc2ccccc2c1-c1cc(C(=O)N/N=C\c2ccccc2C(F)(F)F)[nH]n1. The number of rotatable bonds is 5. The summed E-state index contributed by atoms with van der Waals surface area (Å²) in [5.74, 6) is -0.0624. The highest BCUT2D eigenvalue weighted by Gasteiger charge is 2.32. The van der Waals surface area contributed by atoms with E-state index < -0.39 is 17.6 Å². The summed E-state index contributed by atoms with van der Waals surface area (Å²) in [6, 6.07) is 17.9. The van der Waals surface area contributed by atoms with E-state index in [0.717, 1.165) is 23.1 Å². The van der Waals surface area contributed by atoms with E-state index in [1.807, 2.05) is 36.4 Å². The Labute approximate surface area is 180 Å². The second-order valence-electron chi connectivity index (χ2n) is 6.81. The number of hydrogen-bond donors (Lipinski definition) is 2. The maximum absolute atomic E-state index is 13.1. The van der Waals surface area contributed by atoms with Crippen molar-refractivity contribution in [1.82, 2.24) is 15.6 Å². The number of nitrogens with zero attached hydrogens (tertiary/aromatic N) is 2. The highest BCUT2D eigenvalue weighted by atomic mass is 19.4. The number of carbonyl (C=O) groups excluding carboxylic acids is 1. The molecule has 0 radical (unpaired) electrons. The summed E-state index contributed by atoms with van der Waals surface area (Å²) in [5, 5.41) is 12.4. The van der Waals surface area contributed by atoms with Crippen LogP contribution in [0.5, 0.6) is 5.75 Å². The van der Waals surface area contributed by atoms with Gasteiger partial charge in [0.15, 0.2) is 0 Å². The van der Waals surface area contributed by atoms with Gasteiger partial charge >= 0.3 is 6.18 Å². The van der Waals surface area contributed by atoms with E-state index in [9.17, 15) is 18.0 Å². The minimum absolute atomic E-state index is 0.0937. The van der Waals surface area contributed by atoms with E-state index in [4.69, 9.17) is 4.74 Å². The topological polar surface area (TPSA) is 79.4 Å². The Morgan fingerprint density at radius 2 is 1.84 bits per heavy atom. The second-order valence-corrected chi connectivity index (χ2v) is 6.81. The predicted octanol–water partition coefficient (Wildman–Crippen LogP) is 5.02. The lowest BCUT2D eigenvalue weighted by atomic mass is 10.0. The molecule has 6 nitrogen and oxygen atoms in total. The molecule has 0 fully saturated rings. The van der Waals surface area contributed by atoms with E-state index >= 15 is 0 Å². The van der Waals surface area contributed by atoms with Crippen molar-refractivity contribution in [3.63, 3.8) is 0 Å². The average Bonchev–Trinajstić information content (AvgIpc) is 3.28. The van der Waals surface area contributed by atoms with Gasteiger partial charge in [0.25, 0.3) is 5.91 Å². The van der Waals surface area contributed by atoms with Crippen molar-refractivity contribution in [2.24, 2.45) is 5.10 Å². The minimum atomic E-state index is -4.53. The minimum Gasteiger partial charge on any atom is -0.496 e. The standard InChI is InChI=1S/C23H17F3N4O2/c1-32-20-11-10-14-6-2-4-8-16(14)21(20)18-12-19(29-28-18)22(31)30-27-13-15-7-3-5-9-17(15)23(24,25)26/h2-13H,1H3,(H,28,29)(H,30,31)/b27-13-. The van der Waals surface area contributed by atoms with Gasteiger partial charge in [0.1, 0.15) is 11.4 Å². The molecule has 0 spiro atoms. The van der Waals surface area contributed by atoms with Crippen molar-refractivity contribution in [3.8, 4) is 17.0 Å². The first-order valence-electron chi connectivity index (χ1n) is 9.49. The van der Waals surface area contributed by atoms with Gasteiger partial charge in [-0.1, -0.05) is 48.5 Å². The van der Waals surface area contributed by atoms with Crippen LogP contribution in [-0.4, -0.2) is 29.4 Å². The summed E-state index contributed by atoms with van der Waals surface area (Å²) in [5.41, 5.74) is 2.50. The van der Waals surface area contributed by atoms with Crippen LogP contribution < -0.4 is 10.2 Å². The molecule has 9 heteroatoms. The molecule has 1 heterocycles. The molecule has 1 amide bonds. The van der Waals surface area contributed by atoms with Gasteiger partial charge < -0.3 is 4.74 Å². The normalized spacial score (nSPS) is 11.8. The quantitative estimate of drug-likeness (QED) is 0.339. The van der Waals surface area contributed by atoms with Crippen LogP contribution in [0.4, 0.5) is 13.2 Å². The third kappa shape index (κ3) is 4.18. The zero-order valence-electron chi connectivity index (χ0n) is 16.8. The fraction of sp³-hybridized carbons (Fsp3) is 0.0870. The lowest BCUT2D eigenvalue weighted by Gasteiger charge is -2.09. The van der Waals surface area contributed by atoms with Gasteiger partial charge in [-0.05, 0) is 29.0 Å². The average molecular weight is 438 g/mol. The molecule has 0 aliphatic heterocycles. The molecule has 3 aromatic carbocycles. The first kappa shape index (κ1) is 21.1. The highest BCUT2D eigenvalue weighted by Crippen LogP contribution is 2.36. The summed E-state index contributed by atoms with van der Waals surface area (Å²) in [6.45, 7) is 0. The lowest BCUT2D eigenvalue weighted by molar-refractivity contribution is -0.137. The van der Waals surface area contributed by atoms with Crippen LogP contribution in [0.3, 0.4) is 0 Å². The molecule has 0 saturated carbocycles. The Kier molecular flexibility index (Phi) is 5.63. The Balaban J connectivity index is 1.58. The number of fused-ring (bicyclic) bond motifs is 1. The number of hydrazone groups is 1. The molecule has 4 rings (SSSR count). The molecular formula is C23H17F3N4O2. The van der Waals surface area contributed by atoms with E-state index in [-0.39, 0.29) is 11.3 Å². The number of alkyl halides is 3. The third-order valence-corrected chi connectivity index (χ3v) is 4.83. The van der Waals surface area contributed by atoms with Crippen LogP contribution in [0.2, 0.25) is 0 Å². The smallest absolute Gasteiger partial charge is 0.417 e. The van der Waals surface area contributed by atoms with Crippen molar-refractivity contribution < 1.29 is 22.7 Å². The molecule has 1 aromatic heterocycles. The number of amides is 1. The Hall–Kier alpha value is -4.14. The molecule has 0 bridgehead atoms. The number of ether oxygens (including phenoxy) is 1. The van der Waals surface area contributed by atoms with Gasteiger partial charge in [0, 0.05) is 5.56 Å². The van der Waals surface area contributed by atoms with Crippen LogP contribution >= 0.6 is 0 Å². The zero-order valence-corrected chi connectivity index (χ0v) is 16.8.